The van der Waals surface area contributed by atoms with Crippen molar-refractivity contribution in [3.63, 3.8) is 0 Å². The topological polar surface area (TPSA) is 78.0 Å². The van der Waals surface area contributed by atoms with E-state index in [-0.39, 0.29) is 17.9 Å². The van der Waals surface area contributed by atoms with Gasteiger partial charge in [-0.15, -0.1) is 0 Å². The molecule has 0 aliphatic carbocycles. The number of carbonyl (C=O) groups excluding carboxylic acids is 1. The number of hydrogen-bond acceptors (Lipinski definition) is 3. The van der Waals surface area contributed by atoms with E-state index in [4.69, 9.17) is 5.11 Å². The SMILES string of the molecule is CCc1cc(C(=O)NCC(CC)(CC)CCO)n[nH]1. The van der Waals surface area contributed by atoms with Crippen LogP contribution in [0.3, 0.4) is 0 Å². The molecule has 0 spiro atoms. The van der Waals surface area contributed by atoms with Crippen molar-refractivity contribution in [3.05, 3.63) is 17.5 Å². The fraction of sp³-hybridized carbons (Fsp3) is 0.714. The number of aromatic nitrogens is 2. The number of carbonyl (C=O) groups is 1. The monoisotopic (exact) mass is 267 g/mol. The standard InChI is InChI=1S/C14H25N3O2/c1-4-11-9-12(17-16-11)13(19)15-10-14(5-2,6-3)7-8-18/h9,18H,4-8,10H2,1-3H3,(H,15,19)(H,16,17). The normalized spacial score (nSPS) is 11.6. The number of rotatable bonds is 8. The van der Waals surface area contributed by atoms with E-state index < -0.39 is 0 Å². The lowest BCUT2D eigenvalue weighted by molar-refractivity contribution is 0.0902. The van der Waals surface area contributed by atoms with E-state index in [2.05, 4.69) is 29.4 Å². The summed E-state index contributed by atoms with van der Waals surface area (Å²) in [6.45, 7) is 6.92. The van der Waals surface area contributed by atoms with Crippen molar-refractivity contribution in [1.29, 1.82) is 0 Å². The van der Waals surface area contributed by atoms with Gasteiger partial charge in [-0.2, -0.15) is 5.10 Å². The van der Waals surface area contributed by atoms with Crippen LogP contribution in [0.5, 0.6) is 0 Å². The molecule has 1 amide bonds. The van der Waals surface area contributed by atoms with Crippen LogP contribution in [0.2, 0.25) is 0 Å². The molecule has 0 bridgehead atoms. The third kappa shape index (κ3) is 4.06. The number of nitrogens with zero attached hydrogens (tertiary/aromatic N) is 1. The van der Waals surface area contributed by atoms with Crippen molar-refractivity contribution in [2.75, 3.05) is 13.2 Å². The fourth-order valence-electron chi connectivity index (χ4n) is 2.20. The molecule has 5 nitrogen and oxygen atoms in total. The second kappa shape index (κ2) is 7.28. The molecular weight excluding hydrogens is 242 g/mol. The van der Waals surface area contributed by atoms with Crippen molar-refractivity contribution in [2.45, 2.75) is 46.5 Å². The Morgan fingerprint density at radius 2 is 2.11 bits per heavy atom. The summed E-state index contributed by atoms with van der Waals surface area (Å²) >= 11 is 0. The Balaban J connectivity index is 2.61. The van der Waals surface area contributed by atoms with Gasteiger partial charge in [0, 0.05) is 18.8 Å². The number of aliphatic hydroxyl groups is 1. The maximum Gasteiger partial charge on any atom is 0.271 e. The number of hydrogen-bond donors (Lipinski definition) is 3. The molecule has 5 heteroatoms. The minimum Gasteiger partial charge on any atom is -0.396 e. The highest BCUT2D eigenvalue weighted by molar-refractivity contribution is 5.92. The number of aromatic amines is 1. The third-order valence-electron chi connectivity index (χ3n) is 4.01. The van der Waals surface area contributed by atoms with Crippen LogP contribution in [-0.4, -0.2) is 34.4 Å². The largest absolute Gasteiger partial charge is 0.396 e. The Labute approximate surface area is 114 Å². The highest BCUT2D eigenvalue weighted by atomic mass is 16.3. The van der Waals surface area contributed by atoms with Gasteiger partial charge in [0.25, 0.3) is 5.91 Å². The van der Waals surface area contributed by atoms with E-state index in [9.17, 15) is 4.79 Å². The zero-order chi connectivity index (χ0) is 14.3. The average molecular weight is 267 g/mol. The molecule has 0 aliphatic rings. The molecular formula is C14H25N3O2. The van der Waals surface area contributed by atoms with E-state index in [1.54, 1.807) is 6.07 Å². The van der Waals surface area contributed by atoms with Crippen molar-refractivity contribution >= 4 is 5.91 Å². The summed E-state index contributed by atoms with van der Waals surface area (Å²) in [5, 5.41) is 18.9. The summed E-state index contributed by atoms with van der Waals surface area (Å²) in [5.41, 5.74) is 1.37. The molecule has 0 aromatic carbocycles. The van der Waals surface area contributed by atoms with Crippen LogP contribution in [0.1, 0.15) is 56.2 Å². The van der Waals surface area contributed by atoms with Gasteiger partial charge < -0.3 is 10.4 Å². The molecule has 0 saturated heterocycles. The minimum absolute atomic E-state index is 0.0195. The van der Waals surface area contributed by atoms with Crippen LogP contribution in [0.25, 0.3) is 0 Å². The summed E-state index contributed by atoms with van der Waals surface area (Å²) in [7, 11) is 0. The molecule has 0 unspecified atom stereocenters. The van der Waals surface area contributed by atoms with Gasteiger partial charge in [0.15, 0.2) is 0 Å². The van der Waals surface area contributed by atoms with Gasteiger partial charge in [0.2, 0.25) is 0 Å². The maximum absolute atomic E-state index is 12.0. The summed E-state index contributed by atoms with van der Waals surface area (Å²) in [6.07, 6.45) is 3.41. The van der Waals surface area contributed by atoms with E-state index in [1.807, 2.05) is 6.92 Å². The first-order chi connectivity index (χ1) is 9.10. The Morgan fingerprint density at radius 3 is 2.58 bits per heavy atom. The Kier molecular flexibility index (Phi) is 6.02. The fourth-order valence-corrected chi connectivity index (χ4v) is 2.20. The van der Waals surface area contributed by atoms with Crippen LogP contribution in [0.15, 0.2) is 6.07 Å². The number of aryl methyl sites for hydroxylation is 1. The van der Waals surface area contributed by atoms with Gasteiger partial charge >= 0.3 is 0 Å². The highest BCUT2D eigenvalue weighted by Crippen LogP contribution is 2.29. The first kappa shape index (κ1) is 15.7. The third-order valence-corrected chi connectivity index (χ3v) is 4.01. The van der Waals surface area contributed by atoms with Crippen LogP contribution < -0.4 is 5.32 Å². The van der Waals surface area contributed by atoms with Crippen molar-refractivity contribution in [2.24, 2.45) is 5.41 Å². The summed E-state index contributed by atoms with van der Waals surface area (Å²) < 4.78 is 0. The van der Waals surface area contributed by atoms with Crippen LogP contribution in [-0.2, 0) is 6.42 Å². The number of aliphatic hydroxyl groups excluding tert-OH is 1. The van der Waals surface area contributed by atoms with Gasteiger partial charge in [-0.1, -0.05) is 20.8 Å². The Morgan fingerprint density at radius 1 is 1.42 bits per heavy atom. The van der Waals surface area contributed by atoms with Crippen LogP contribution in [0.4, 0.5) is 0 Å². The number of H-pyrrole nitrogens is 1. The first-order valence-electron chi connectivity index (χ1n) is 7.04. The number of amides is 1. The summed E-state index contributed by atoms with van der Waals surface area (Å²) in [6, 6.07) is 1.78. The summed E-state index contributed by atoms with van der Waals surface area (Å²) in [5.74, 6) is -0.153. The van der Waals surface area contributed by atoms with Crippen molar-refractivity contribution < 1.29 is 9.90 Å². The molecule has 1 rings (SSSR count). The zero-order valence-electron chi connectivity index (χ0n) is 12.1. The van der Waals surface area contributed by atoms with Gasteiger partial charge in [-0.3, -0.25) is 9.89 Å². The molecule has 1 aromatic rings. The smallest absolute Gasteiger partial charge is 0.271 e. The minimum atomic E-state index is -0.153. The Hall–Kier alpha value is -1.36. The summed E-state index contributed by atoms with van der Waals surface area (Å²) in [4.78, 5) is 12.0. The van der Waals surface area contributed by atoms with E-state index >= 15 is 0 Å². The predicted molar refractivity (Wildman–Crippen MR) is 75.0 cm³/mol. The van der Waals surface area contributed by atoms with Gasteiger partial charge in [0.1, 0.15) is 5.69 Å². The molecule has 0 fully saturated rings. The zero-order valence-corrected chi connectivity index (χ0v) is 12.1. The predicted octanol–water partition coefficient (Wildman–Crippen LogP) is 1.89. The number of nitrogens with one attached hydrogen (secondary N) is 2. The van der Waals surface area contributed by atoms with Gasteiger partial charge in [0.05, 0.1) is 0 Å². The van der Waals surface area contributed by atoms with Crippen LogP contribution >= 0.6 is 0 Å². The van der Waals surface area contributed by atoms with Crippen LogP contribution in [0, 0.1) is 5.41 Å². The van der Waals surface area contributed by atoms with E-state index in [0.717, 1.165) is 25.0 Å². The molecule has 19 heavy (non-hydrogen) atoms. The molecule has 1 heterocycles. The maximum atomic E-state index is 12.0. The van der Waals surface area contributed by atoms with Gasteiger partial charge in [-0.05, 0) is 37.2 Å². The molecule has 0 radical (unpaired) electrons. The second-order valence-electron chi connectivity index (χ2n) is 5.00. The van der Waals surface area contributed by atoms with E-state index in [1.165, 1.54) is 0 Å². The second-order valence-corrected chi connectivity index (χ2v) is 5.00. The first-order valence-corrected chi connectivity index (χ1v) is 7.04. The van der Waals surface area contributed by atoms with Crippen molar-refractivity contribution in [1.82, 2.24) is 15.5 Å². The molecule has 108 valence electrons. The molecule has 0 aliphatic heterocycles. The molecule has 1 aromatic heterocycles. The lowest BCUT2D eigenvalue weighted by atomic mass is 9.79. The lowest BCUT2D eigenvalue weighted by Gasteiger charge is -2.31. The molecule has 0 atom stereocenters. The highest BCUT2D eigenvalue weighted by Gasteiger charge is 2.26. The molecule has 3 N–H and O–H groups in total. The average Bonchev–Trinajstić information content (AvgIpc) is 2.92. The molecule has 0 saturated carbocycles. The van der Waals surface area contributed by atoms with Gasteiger partial charge in [-0.25, -0.2) is 0 Å². The quantitative estimate of drug-likeness (QED) is 0.673. The van der Waals surface area contributed by atoms with Crippen molar-refractivity contribution in [3.8, 4) is 0 Å². The van der Waals surface area contributed by atoms with E-state index in [0.29, 0.717) is 18.7 Å². The Bertz CT molecular complexity index is 397. The lowest BCUT2D eigenvalue weighted by Crippen LogP contribution is -2.37.